The number of nitrogens with zero attached hydrogens (tertiary/aromatic N) is 4. The van der Waals surface area contributed by atoms with Crippen molar-refractivity contribution in [3.8, 4) is 0 Å². The van der Waals surface area contributed by atoms with Gasteiger partial charge >= 0.3 is 6.09 Å². The molecule has 2 amide bonds. The first kappa shape index (κ1) is 25.4. The molecule has 0 bridgehead atoms. The molecular formula is C28H32N6O4. The first-order valence-electron chi connectivity index (χ1n) is 12.9. The van der Waals surface area contributed by atoms with Gasteiger partial charge < -0.3 is 19.9 Å². The summed E-state index contributed by atoms with van der Waals surface area (Å²) in [7, 11) is 0. The fourth-order valence-electron chi connectivity index (χ4n) is 4.44. The molecule has 1 saturated carbocycles. The van der Waals surface area contributed by atoms with Crippen molar-refractivity contribution in [2.45, 2.75) is 58.7 Å². The number of amides is 2. The molecule has 38 heavy (non-hydrogen) atoms. The Morgan fingerprint density at radius 1 is 1.16 bits per heavy atom. The minimum Gasteiger partial charge on any atom is -0.444 e. The maximum Gasteiger partial charge on any atom is 0.410 e. The summed E-state index contributed by atoms with van der Waals surface area (Å²) < 4.78 is 7.03. The number of pyridine rings is 2. The summed E-state index contributed by atoms with van der Waals surface area (Å²) in [5, 5.41) is 3.70. The molecule has 0 spiro atoms. The maximum absolute atomic E-state index is 12.9. The summed E-state index contributed by atoms with van der Waals surface area (Å²) in [6, 6.07) is 12.1. The molecule has 0 unspecified atom stereocenters. The van der Waals surface area contributed by atoms with E-state index in [9.17, 15) is 14.4 Å². The summed E-state index contributed by atoms with van der Waals surface area (Å²) in [6.45, 7) is 6.85. The van der Waals surface area contributed by atoms with Gasteiger partial charge in [-0.2, -0.15) is 0 Å². The van der Waals surface area contributed by atoms with Gasteiger partial charge in [-0.3, -0.25) is 14.0 Å². The van der Waals surface area contributed by atoms with Crippen molar-refractivity contribution >= 4 is 28.7 Å². The molecule has 1 aliphatic rings. The number of nitrogens with one attached hydrogen (secondary N) is 2. The van der Waals surface area contributed by atoms with Crippen molar-refractivity contribution in [1.29, 1.82) is 0 Å². The number of aromatic amines is 1. The molecule has 5 rings (SSSR count). The number of fused-ring (bicyclic) bond motifs is 2. The van der Waals surface area contributed by atoms with Crippen molar-refractivity contribution < 1.29 is 14.3 Å². The number of aromatic nitrogens is 4. The molecule has 0 radical (unpaired) electrons. The van der Waals surface area contributed by atoms with Crippen molar-refractivity contribution in [3.63, 3.8) is 0 Å². The van der Waals surface area contributed by atoms with Gasteiger partial charge in [-0.25, -0.2) is 14.8 Å². The monoisotopic (exact) mass is 516 g/mol. The molecule has 10 heteroatoms. The Balaban J connectivity index is 1.27. The SMILES string of the molecule is CC(C)(C)OC(=O)N(Cc1cc2ccc(CNC(=O)c3cc(=O)n4ccccc4n3)nc2[nH]1)CC1CCC1. The van der Waals surface area contributed by atoms with Crippen LogP contribution < -0.4 is 10.9 Å². The zero-order chi connectivity index (χ0) is 26.9. The first-order valence-corrected chi connectivity index (χ1v) is 12.9. The van der Waals surface area contributed by atoms with Gasteiger partial charge in [0.25, 0.3) is 11.5 Å². The van der Waals surface area contributed by atoms with Crippen molar-refractivity contribution in [3.05, 3.63) is 76.1 Å². The number of rotatable bonds is 7. The van der Waals surface area contributed by atoms with Crippen LogP contribution in [0.1, 0.15) is 61.9 Å². The van der Waals surface area contributed by atoms with Gasteiger partial charge in [-0.15, -0.1) is 0 Å². The van der Waals surface area contributed by atoms with Gasteiger partial charge in [0.15, 0.2) is 0 Å². The number of hydrogen-bond donors (Lipinski definition) is 2. The van der Waals surface area contributed by atoms with E-state index in [1.165, 1.54) is 16.9 Å². The molecule has 0 atom stereocenters. The molecule has 198 valence electrons. The van der Waals surface area contributed by atoms with Gasteiger partial charge in [0, 0.05) is 29.9 Å². The molecule has 0 aromatic carbocycles. The Kier molecular flexibility index (Phi) is 6.88. The third-order valence-corrected chi connectivity index (χ3v) is 6.54. The second kappa shape index (κ2) is 10.3. The largest absolute Gasteiger partial charge is 0.444 e. The van der Waals surface area contributed by atoms with Gasteiger partial charge in [0.1, 0.15) is 22.6 Å². The van der Waals surface area contributed by atoms with Gasteiger partial charge in [-0.1, -0.05) is 12.5 Å². The lowest BCUT2D eigenvalue weighted by molar-refractivity contribution is 0.0171. The molecule has 2 N–H and O–H groups in total. The number of H-pyrrole nitrogens is 1. The third-order valence-electron chi connectivity index (χ3n) is 6.54. The lowest BCUT2D eigenvalue weighted by Crippen LogP contribution is -2.40. The van der Waals surface area contributed by atoms with Gasteiger partial charge in [-0.05, 0) is 69.9 Å². The van der Waals surface area contributed by atoms with E-state index in [0.717, 1.165) is 23.9 Å². The van der Waals surface area contributed by atoms with Crippen LogP contribution in [0.25, 0.3) is 16.7 Å². The normalized spacial score (nSPS) is 13.9. The molecule has 4 aromatic rings. The minimum atomic E-state index is -0.563. The van der Waals surface area contributed by atoms with Crippen LogP contribution in [-0.4, -0.2) is 48.4 Å². The first-order chi connectivity index (χ1) is 18.1. The predicted octanol–water partition coefficient (Wildman–Crippen LogP) is 4.04. The van der Waals surface area contributed by atoms with Crippen LogP contribution in [0.2, 0.25) is 0 Å². The highest BCUT2D eigenvalue weighted by molar-refractivity contribution is 5.92. The van der Waals surface area contributed by atoms with E-state index in [4.69, 9.17) is 4.74 Å². The second-order valence-electron chi connectivity index (χ2n) is 10.8. The molecular weight excluding hydrogens is 484 g/mol. The van der Waals surface area contributed by atoms with Crippen LogP contribution in [-0.2, 0) is 17.8 Å². The summed E-state index contributed by atoms with van der Waals surface area (Å²) in [5.74, 6) is 0.0557. The predicted molar refractivity (Wildman–Crippen MR) is 143 cm³/mol. The standard InChI is InChI=1S/C28H32N6O4/c1-28(2,3)38-27(37)33(16-18-7-6-8-18)17-21-13-19-10-11-20(30-25(19)31-21)15-29-26(36)22-14-24(35)34-12-5-4-9-23(34)32-22/h4-5,9-14,18H,6-8,15-17H2,1-3H3,(H,29,36)(H,30,31). The quantitative estimate of drug-likeness (QED) is 0.382. The van der Waals surface area contributed by atoms with Gasteiger partial charge in [0.05, 0.1) is 18.8 Å². The third kappa shape index (κ3) is 5.85. The Labute approximate surface area is 220 Å². The maximum atomic E-state index is 12.9. The summed E-state index contributed by atoms with van der Waals surface area (Å²) in [6.07, 6.45) is 4.76. The Hall–Kier alpha value is -4.21. The molecule has 4 heterocycles. The number of carbonyl (C=O) groups excluding carboxylic acids is 2. The Morgan fingerprint density at radius 3 is 2.71 bits per heavy atom. The fourth-order valence-corrected chi connectivity index (χ4v) is 4.44. The highest BCUT2D eigenvalue weighted by Crippen LogP contribution is 2.28. The van der Waals surface area contributed by atoms with Crippen LogP contribution in [0.15, 0.2) is 53.5 Å². The van der Waals surface area contributed by atoms with Crippen molar-refractivity contribution in [2.24, 2.45) is 5.92 Å². The Bertz CT molecular complexity index is 1550. The lowest BCUT2D eigenvalue weighted by atomic mass is 9.85. The minimum absolute atomic E-state index is 0.0538. The van der Waals surface area contributed by atoms with E-state index in [0.29, 0.717) is 36.0 Å². The van der Waals surface area contributed by atoms with E-state index in [1.54, 1.807) is 29.3 Å². The smallest absolute Gasteiger partial charge is 0.410 e. The zero-order valence-corrected chi connectivity index (χ0v) is 21.9. The molecule has 0 aliphatic heterocycles. The van der Waals surface area contributed by atoms with E-state index < -0.39 is 11.5 Å². The number of carbonyl (C=O) groups is 2. The summed E-state index contributed by atoms with van der Waals surface area (Å²) >= 11 is 0. The molecule has 4 aromatic heterocycles. The van der Waals surface area contributed by atoms with Crippen molar-refractivity contribution in [1.82, 2.24) is 29.6 Å². The molecule has 1 fully saturated rings. The average Bonchev–Trinajstić information content (AvgIpc) is 3.24. The van der Waals surface area contributed by atoms with Crippen LogP contribution >= 0.6 is 0 Å². The van der Waals surface area contributed by atoms with Gasteiger partial charge in [0.2, 0.25) is 0 Å². The summed E-state index contributed by atoms with van der Waals surface area (Å²) in [5.41, 5.74) is 1.75. The van der Waals surface area contributed by atoms with Crippen LogP contribution in [0.5, 0.6) is 0 Å². The van der Waals surface area contributed by atoms with Crippen LogP contribution in [0.3, 0.4) is 0 Å². The Morgan fingerprint density at radius 2 is 1.97 bits per heavy atom. The lowest BCUT2D eigenvalue weighted by Gasteiger charge is -2.33. The highest BCUT2D eigenvalue weighted by Gasteiger charge is 2.27. The second-order valence-corrected chi connectivity index (χ2v) is 10.8. The molecule has 1 aliphatic carbocycles. The molecule has 0 saturated heterocycles. The fraction of sp³-hybridized carbons (Fsp3) is 0.393. The molecule has 10 nitrogen and oxygen atoms in total. The van der Waals surface area contributed by atoms with E-state index >= 15 is 0 Å². The van der Waals surface area contributed by atoms with E-state index in [1.807, 2.05) is 39.0 Å². The topological polar surface area (TPSA) is 122 Å². The average molecular weight is 517 g/mol. The summed E-state index contributed by atoms with van der Waals surface area (Å²) in [4.78, 5) is 51.8. The van der Waals surface area contributed by atoms with E-state index in [-0.39, 0.29) is 23.9 Å². The highest BCUT2D eigenvalue weighted by atomic mass is 16.6. The van der Waals surface area contributed by atoms with Crippen LogP contribution in [0.4, 0.5) is 4.79 Å². The van der Waals surface area contributed by atoms with Crippen molar-refractivity contribution in [2.75, 3.05) is 6.54 Å². The van der Waals surface area contributed by atoms with E-state index in [2.05, 4.69) is 20.3 Å². The number of hydrogen-bond acceptors (Lipinski definition) is 6. The number of ether oxygens (including phenoxy) is 1. The van der Waals surface area contributed by atoms with Crippen LogP contribution in [0, 0.1) is 5.92 Å². The zero-order valence-electron chi connectivity index (χ0n) is 21.9.